The van der Waals surface area contributed by atoms with Crippen molar-refractivity contribution in [2.45, 2.75) is 17.7 Å². The van der Waals surface area contributed by atoms with E-state index in [1.165, 1.54) is 12.1 Å². The second-order valence-electron chi connectivity index (χ2n) is 3.70. The van der Waals surface area contributed by atoms with Crippen LogP contribution in [-0.2, 0) is 10.0 Å². The van der Waals surface area contributed by atoms with Crippen molar-refractivity contribution in [2.75, 3.05) is 13.1 Å². The minimum absolute atomic E-state index is 0. The lowest BCUT2D eigenvalue weighted by Gasteiger charge is -2.14. The van der Waals surface area contributed by atoms with E-state index in [0.29, 0.717) is 0 Å². The van der Waals surface area contributed by atoms with Gasteiger partial charge in [0.1, 0.15) is 0 Å². The van der Waals surface area contributed by atoms with Crippen LogP contribution in [0.25, 0.3) is 0 Å². The monoisotopic (exact) mass is 300 g/mol. The standard InChI is InChI=1S/C10H14F2N2O2S.ClH/c1-8-3-2-4-9(5-8)17(15,16)14-7-10(11,12)6-13;/h2-5,14H,6-7,13H2,1H3;1H. The van der Waals surface area contributed by atoms with Crippen LogP contribution < -0.4 is 10.5 Å². The lowest BCUT2D eigenvalue weighted by molar-refractivity contribution is 0.0170. The number of halogens is 3. The second kappa shape index (κ2) is 6.42. The Morgan fingerprint density at radius 2 is 2.00 bits per heavy atom. The molecule has 1 aromatic rings. The molecule has 0 aliphatic carbocycles. The van der Waals surface area contributed by atoms with E-state index in [0.717, 1.165) is 5.56 Å². The molecule has 0 aliphatic heterocycles. The molecule has 0 saturated heterocycles. The van der Waals surface area contributed by atoms with Gasteiger partial charge in [0.2, 0.25) is 10.0 Å². The highest BCUT2D eigenvalue weighted by Gasteiger charge is 2.29. The van der Waals surface area contributed by atoms with E-state index in [-0.39, 0.29) is 17.3 Å². The quantitative estimate of drug-likeness (QED) is 0.860. The molecule has 0 aromatic heterocycles. The van der Waals surface area contributed by atoms with Gasteiger partial charge in [-0.3, -0.25) is 0 Å². The normalized spacial score (nSPS) is 12.0. The van der Waals surface area contributed by atoms with Crippen molar-refractivity contribution >= 4 is 22.4 Å². The van der Waals surface area contributed by atoms with Crippen LogP contribution in [0, 0.1) is 6.92 Å². The van der Waals surface area contributed by atoms with Gasteiger partial charge in [-0.15, -0.1) is 12.4 Å². The molecule has 0 bridgehead atoms. The molecular weight excluding hydrogens is 286 g/mol. The summed E-state index contributed by atoms with van der Waals surface area (Å²) in [5, 5.41) is 0. The first-order valence-electron chi connectivity index (χ1n) is 4.91. The Hall–Kier alpha value is -0.760. The molecule has 18 heavy (non-hydrogen) atoms. The lowest BCUT2D eigenvalue weighted by Crippen LogP contribution is -2.41. The van der Waals surface area contributed by atoms with Crippen molar-refractivity contribution < 1.29 is 17.2 Å². The van der Waals surface area contributed by atoms with Crippen LogP contribution in [0.1, 0.15) is 5.56 Å². The van der Waals surface area contributed by atoms with Gasteiger partial charge < -0.3 is 5.73 Å². The number of nitrogens with one attached hydrogen (secondary N) is 1. The molecule has 0 fully saturated rings. The average molecular weight is 301 g/mol. The summed E-state index contributed by atoms with van der Waals surface area (Å²) < 4.78 is 50.8. The molecule has 3 N–H and O–H groups in total. The average Bonchev–Trinajstić information content (AvgIpc) is 2.27. The van der Waals surface area contributed by atoms with E-state index < -0.39 is 29.0 Å². The van der Waals surface area contributed by atoms with E-state index in [2.05, 4.69) is 0 Å². The molecule has 104 valence electrons. The molecule has 1 aromatic carbocycles. The van der Waals surface area contributed by atoms with Gasteiger partial charge in [-0.25, -0.2) is 21.9 Å². The fraction of sp³-hybridized carbons (Fsp3) is 0.400. The summed E-state index contributed by atoms with van der Waals surface area (Å²) in [6.45, 7) is -0.184. The van der Waals surface area contributed by atoms with Gasteiger partial charge in [0.25, 0.3) is 5.92 Å². The maximum atomic E-state index is 12.8. The van der Waals surface area contributed by atoms with Crippen molar-refractivity contribution in [3.05, 3.63) is 29.8 Å². The van der Waals surface area contributed by atoms with Gasteiger partial charge in [0.05, 0.1) is 18.0 Å². The summed E-state index contributed by atoms with van der Waals surface area (Å²) in [6.07, 6.45) is 0. The summed E-state index contributed by atoms with van der Waals surface area (Å²) in [5.74, 6) is -3.24. The molecule has 0 aliphatic rings. The summed E-state index contributed by atoms with van der Waals surface area (Å²) in [7, 11) is -3.91. The van der Waals surface area contributed by atoms with E-state index >= 15 is 0 Å². The number of benzene rings is 1. The van der Waals surface area contributed by atoms with Crippen LogP contribution in [0.15, 0.2) is 29.2 Å². The number of hydrogen-bond acceptors (Lipinski definition) is 3. The third-order valence-electron chi connectivity index (χ3n) is 2.12. The maximum absolute atomic E-state index is 12.8. The first-order valence-corrected chi connectivity index (χ1v) is 6.39. The summed E-state index contributed by atoms with van der Waals surface area (Å²) in [6, 6.07) is 6.01. The van der Waals surface area contributed by atoms with E-state index in [1.807, 2.05) is 4.72 Å². The minimum atomic E-state index is -3.91. The predicted octanol–water partition coefficient (Wildman–Crippen LogP) is 1.29. The Morgan fingerprint density at radius 3 is 2.50 bits per heavy atom. The van der Waals surface area contributed by atoms with Crippen molar-refractivity contribution in [3.8, 4) is 0 Å². The zero-order valence-electron chi connectivity index (χ0n) is 9.69. The molecule has 0 amide bonds. The molecule has 8 heteroatoms. The Bertz CT molecular complexity index is 494. The summed E-state index contributed by atoms with van der Waals surface area (Å²) >= 11 is 0. The highest BCUT2D eigenvalue weighted by Crippen LogP contribution is 2.13. The van der Waals surface area contributed by atoms with Crippen LogP contribution >= 0.6 is 12.4 Å². The Labute approximate surface area is 111 Å². The van der Waals surface area contributed by atoms with Gasteiger partial charge in [-0.1, -0.05) is 12.1 Å². The SMILES string of the molecule is Cc1cccc(S(=O)(=O)NCC(F)(F)CN)c1.Cl. The zero-order chi connectivity index (χ0) is 13.1. The van der Waals surface area contributed by atoms with Crippen LogP contribution in [0.5, 0.6) is 0 Å². The van der Waals surface area contributed by atoms with Crippen molar-refractivity contribution in [3.63, 3.8) is 0 Å². The summed E-state index contributed by atoms with van der Waals surface area (Å²) in [4.78, 5) is -0.0367. The lowest BCUT2D eigenvalue weighted by atomic mass is 10.2. The van der Waals surface area contributed by atoms with Gasteiger partial charge >= 0.3 is 0 Å². The highest BCUT2D eigenvalue weighted by molar-refractivity contribution is 7.89. The van der Waals surface area contributed by atoms with Gasteiger partial charge in [0.15, 0.2) is 0 Å². The molecular formula is C10H15ClF2N2O2S. The van der Waals surface area contributed by atoms with Crippen LogP contribution in [-0.4, -0.2) is 27.4 Å². The van der Waals surface area contributed by atoms with Crippen LogP contribution in [0.4, 0.5) is 8.78 Å². The molecule has 4 nitrogen and oxygen atoms in total. The topological polar surface area (TPSA) is 72.2 Å². The number of hydrogen-bond donors (Lipinski definition) is 2. The number of nitrogens with two attached hydrogens (primary N) is 1. The van der Waals surface area contributed by atoms with Gasteiger partial charge in [-0.05, 0) is 24.6 Å². The Morgan fingerprint density at radius 1 is 1.39 bits per heavy atom. The summed E-state index contributed by atoms with van der Waals surface area (Å²) in [5.41, 5.74) is 5.55. The second-order valence-corrected chi connectivity index (χ2v) is 5.47. The predicted molar refractivity (Wildman–Crippen MR) is 67.6 cm³/mol. The fourth-order valence-electron chi connectivity index (χ4n) is 1.14. The number of rotatable bonds is 5. The Balaban J connectivity index is 0.00000289. The third-order valence-corrected chi connectivity index (χ3v) is 3.52. The molecule has 0 radical (unpaired) electrons. The smallest absolute Gasteiger partial charge is 0.273 e. The van der Waals surface area contributed by atoms with E-state index in [4.69, 9.17) is 5.73 Å². The molecule has 0 saturated carbocycles. The van der Waals surface area contributed by atoms with E-state index in [9.17, 15) is 17.2 Å². The minimum Gasteiger partial charge on any atom is -0.325 e. The number of alkyl halides is 2. The van der Waals surface area contributed by atoms with Crippen molar-refractivity contribution in [2.24, 2.45) is 5.73 Å². The fourth-order valence-corrected chi connectivity index (χ4v) is 2.31. The van der Waals surface area contributed by atoms with E-state index in [1.54, 1.807) is 19.1 Å². The molecule has 0 spiro atoms. The van der Waals surface area contributed by atoms with Gasteiger partial charge in [0, 0.05) is 0 Å². The highest BCUT2D eigenvalue weighted by atomic mass is 35.5. The first-order chi connectivity index (χ1) is 7.77. The maximum Gasteiger partial charge on any atom is 0.273 e. The number of sulfonamides is 1. The molecule has 0 unspecified atom stereocenters. The van der Waals surface area contributed by atoms with Crippen LogP contribution in [0.3, 0.4) is 0 Å². The van der Waals surface area contributed by atoms with Crippen LogP contribution in [0.2, 0.25) is 0 Å². The number of aryl methyl sites for hydroxylation is 1. The Kier molecular flexibility index (Phi) is 6.15. The molecule has 0 atom stereocenters. The van der Waals surface area contributed by atoms with Crippen molar-refractivity contribution in [1.82, 2.24) is 4.72 Å². The molecule has 1 rings (SSSR count). The molecule has 0 heterocycles. The van der Waals surface area contributed by atoms with Gasteiger partial charge in [-0.2, -0.15) is 0 Å². The first kappa shape index (κ1) is 17.2. The third kappa shape index (κ3) is 4.85. The largest absolute Gasteiger partial charge is 0.325 e. The van der Waals surface area contributed by atoms with Crippen molar-refractivity contribution in [1.29, 1.82) is 0 Å². The zero-order valence-corrected chi connectivity index (χ0v) is 11.3.